The Hall–Kier alpha value is -3.45. The summed E-state index contributed by atoms with van der Waals surface area (Å²) in [5.74, 6) is -1.29. The molecular formula is C49H82N2O5. The molecule has 0 radical (unpaired) electrons. The van der Waals surface area contributed by atoms with E-state index in [2.05, 4.69) is 104 Å². The summed E-state index contributed by atoms with van der Waals surface area (Å²) in [6.07, 6.45) is 56.2. The van der Waals surface area contributed by atoms with Gasteiger partial charge in [-0.2, -0.15) is 0 Å². The Labute approximate surface area is 343 Å². The first-order valence-corrected chi connectivity index (χ1v) is 22.4. The second-order valence-electron chi connectivity index (χ2n) is 14.7. The molecule has 0 aliphatic rings. The van der Waals surface area contributed by atoms with Gasteiger partial charge < -0.3 is 20.9 Å². The van der Waals surface area contributed by atoms with Crippen LogP contribution in [-0.2, 0) is 19.1 Å². The maximum Gasteiger partial charge on any atom is 0.326 e. The number of hydrogen-bond donors (Lipinski definition) is 3. The minimum atomic E-state index is -1.01. The molecule has 0 fully saturated rings. The van der Waals surface area contributed by atoms with Crippen molar-refractivity contribution in [3.05, 3.63) is 85.1 Å². The van der Waals surface area contributed by atoms with Crippen LogP contribution < -0.4 is 11.1 Å². The third kappa shape index (κ3) is 38.8. The number of aliphatic carboxylic acids is 1. The molecule has 0 heterocycles. The number of hydrogen-bond acceptors (Lipinski definition) is 5. The first kappa shape index (κ1) is 52.6. The van der Waals surface area contributed by atoms with Crippen molar-refractivity contribution < 1.29 is 24.2 Å². The third-order valence-corrected chi connectivity index (χ3v) is 9.46. The smallest absolute Gasteiger partial charge is 0.326 e. The molecule has 0 aromatic rings. The van der Waals surface area contributed by atoms with E-state index >= 15 is 0 Å². The van der Waals surface area contributed by atoms with E-state index in [1.807, 2.05) is 0 Å². The van der Waals surface area contributed by atoms with Crippen molar-refractivity contribution in [3.8, 4) is 0 Å². The van der Waals surface area contributed by atoms with E-state index < -0.39 is 12.0 Å². The zero-order valence-corrected chi connectivity index (χ0v) is 35.7. The van der Waals surface area contributed by atoms with E-state index in [9.17, 15) is 19.5 Å². The highest BCUT2D eigenvalue weighted by molar-refractivity contribution is 5.83. The molecule has 0 bridgehead atoms. The molecule has 56 heavy (non-hydrogen) atoms. The molecule has 7 heteroatoms. The number of ether oxygens (including phenoxy) is 1. The average molecular weight is 779 g/mol. The molecule has 0 saturated carbocycles. The van der Waals surface area contributed by atoms with Gasteiger partial charge in [-0.25, -0.2) is 4.79 Å². The number of nitrogens with one attached hydrogen (secondary N) is 1. The standard InChI is InChI=1S/C49H82N2O5/c1-3-5-7-9-11-13-15-17-19-21-23-25-27-30-34-39-45(40-35-31-29-32-36-42-47(52)51-46(49(54)55)41-38-44-50)56-48(53)43-37-33-28-26-24-22-20-18-16-14-12-10-8-6-4-2/h5-8,11-14,17-20,23,25,45-46H,3-4,9-10,15-16,21-22,24,26-44,50H2,1-2H3,(H,51,52)(H,54,55)/b7-5-,8-6-,13-11-,14-12-,19-17-,20-18-,25-23-. The van der Waals surface area contributed by atoms with Crippen molar-refractivity contribution in [1.29, 1.82) is 0 Å². The van der Waals surface area contributed by atoms with Gasteiger partial charge in [0, 0.05) is 12.8 Å². The Balaban J connectivity index is 4.48. The molecule has 0 aliphatic heterocycles. The number of carbonyl (C=O) groups excluding carboxylic acids is 2. The van der Waals surface area contributed by atoms with E-state index in [0.29, 0.717) is 32.2 Å². The molecule has 0 aromatic heterocycles. The lowest BCUT2D eigenvalue weighted by Crippen LogP contribution is -2.40. The maximum absolute atomic E-state index is 12.8. The predicted octanol–water partition coefficient (Wildman–Crippen LogP) is 12.9. The summed E-state index contributed by atoms with van der Waals surface area (Å²) in [4.78, 5) is 36.4. The zero-order valence-electron chi connectivity index (χ0n) is 35.7. The van der Waals surface area contributed by atoms with Gasteiger partial charge in [0.1, 0.15) is 12.1 Å². The molecule has 0 spiro atoms. The highest BCUT2D eigenvalue weighted by atomic mass is 16.5. The topological polar surface area (TPSA) is 119 Å². The van der Waals surface area contributed by atoms with Gasteiger partial charge in [0.25, 0.3) is 0 Å². The molecule has 0 aromatic carbocycles. The van der Waals surface area contributed by atoms with Gasteiger partial charge in [0.2, 0.25) is 5.91 Å². The number of esters is 1. The first-order valence-electron chi connectivity index (χ1n) is 22.4. The molecule has 0 rings (SSSR count). The molecule has 1 amide bonds. The van der Waals surface area contributed by atoms with Crippen LogP contribution in [0.4, 0.5) is 0 Å². The van der Waals surface area contributed by atoms with E-state index in [-0.39, 0.29) is 18.0 Å². The molecule has 0 aliphatic carbocycles. The lowest BCUT2D eigenvalue weighted by Gasteiger charge is -2.18. The first-order chi connectivity index (χ1) is 27.4. The van der Waals surface area contributed by atoms with Gasteiger partial charge in [-0.05, 0) is 129 Å². The number of carboxylic acid groups (broad SMARTS) is 1. The van der Waals surface area contributed by atoms with E-state index in [1.165, 1.54) is 12.8 Å². The van der Waals surface area contributed by atoms with Crippen LogP contribution in [0.2, 0.25) is 0 Å². The number of nitrogens with two attached hydrogens (primary N) is 1. The van der Waals surface area contributed by atoms with Crippen LogP contribution in [0.25, 0.3) is 0 Å². The summed E-state index contributed by atoms with van der Waals surface area (Å²) >= 11 is 0. The fraction of sp³-hybridized carbons (Fsp3) is 0.653. The summed E-state index contributed by atoms with van der Waals surface area (Å²) in [6.45, 7) is 4.71. The second-order valence-corrected chi connectivity index (χ2v) is 14.7. The van der Waals surface area contributed by atoms with Gasteiger partial charge in [-0.15, -0.1) is 0 Å². The zero-order chi connectivity index (χ0) is 41.0. The largest absolute Gasteiger partial charge is 0.480 e. The van der Waals surface area contributed by atoms with Crippen LogP contribution in [0.1, 0.15) is 187 Å². The molecule has 4 N–H and O–H groups in total. The van der Waals surface area contributed by atoms with Gasteiger partial charge in [-0.1, -0.05) is 137 Å². The number of allylic oxidation sites excluding steroid dienone is 14. The monoisotopic (exact) mass is 779 g/mol. The van der Waals surface area contributed by atoms with Crippen molar-refractivity contribution in [2.75, 3.05) is 6.54 Å². The lowest BCUT2D eigenvalue weighted by molar-refractivity contribution is -0.150. The molecule has 318 valence electrons. The van der Waals surface area contributed by atoms with Crippen LogP contribution >= 0.6 is 0 Å². The molecule has 7 nitrogen and oxygen atoms in total. The number of amides is 1. The van der Waals surface area contributed by atoms with E-state index in [1.54, 1.807) is 0 Å². The van der Waals surface area contributed by atoms with Crippen molar-refractivity contribution in [2.24, 2.45) is 5.73 Å². The summed E-state index contributed by atoms with van der Waals surface area (Å²) in [7, 11) is 0. The highest BCUT2D eigenvalue weighted by Gasteiger charge is 2.19. The minimum absolute atomic E-state index is 0.0402. The number of rotatable bonds is 39. The Morgan fingerprint density at radius 2 is 0.929 bits per heavy atom. The average Bonchev–Trinajstić information content (AvgIpc) is 3.18. The third-order valence-electron chi connectivity index (χ3n) is 9.46. The van der Waals surface area contributed by atoms with Crippen molar-refractivity contribution in [3.63, 3.8) is 0 Å². The predicted molar refractivity (Wildman–Crippen MR) is 238 cm³/mol. The summed E-state index contributed by atoms with van der Waals surface area (Å²) in [5, 5.41) is 11.9. The SMILES string of the molecule is CC/C=C\C/C=C\C/C=C\C/C=C\CCCCC(CCCCCCCC(=O)NC(CCCN)C(=O)O)OC(=O)CCCCCCC/C=C\C/C=C\C/C=C\CC. The van der Waals surface area contributed by atoms with Crippen LogP contribution in [0.15, 0.2) is 85.1 Å². The maximum atomic E-state index is 12.8. The quantitative estimate of drug-likeness (QED) is 0.0325. The summed E-state index contributed by atoms with van der Waals surface area (Å²) in [6, 6.07) is -0.867. The van der Waals surface area contributed by atoms with Crippen LogP contribution in [0.5, 0.6) is 0 Å². The minimum Gasteiger partial charge on any atom is -0.480 e. The molecule has 2 atom stereocenters. The van der Waals surface area contributed by atoms with Crippen LogP contribution in [0.3, 0.4) is 0 Å². The van der Waals surface area contributed by atoms with Crippen LogP contribution in [-0.4, -0.2) is 41.6 Å². The van der Waals surface area contributed by atoms with Gasteiger partial charge >= 0.3 is 11.9 Å². The lowest BCUT2D eigenvalue weighted by atomic mass is 10.0. The Bertz CT molecular complexity index is 1150. The summed E-state index contributed by atoms with van der Waals surface area (Å²) < 4.78 is 6.03. The highest BCUT2D eigenvalue weighted by Crippen LogP contribution is 2.18. The molecule has 2 unspecified atom stereocenters. The van der Waals surface area contributed by atoms with Gasteiger partial charge in [0.15, 0.2) is 0 Å². The number of carbonyl (C=O) groups is 3. The molecular weight excluding hydrogens is 697 g/mol. The van der Waals surface area contributed by atoms with Crippen LogP contribution in [0, 0.1) is 0 Å². The van der Waals surface area contributed by atoms with Crippen molar-refractivity contribution in [1.82, 2.24) is 5.32 Å². The second kappa shape index (κ2) is 42.7. The van der Waals surface area contributed by atoms with Gasteiger partial charge in [-0.3, -0.25) is 9.59 Å². The number of carboxylic acids is 1. The fourth-order valence-corrected chi connectivity index (χ4v) is 6.16. The Morgan fingerprint density at radius 3 is 1.43 bits per heavy atom. The van der Waals surface area contributed by atoms with Crippen molar-refractivity contribution >= 4 is 17.8 Å². The fourth-order valence-electron chi connectivity index (χ4n) is 6.16. The summed E-state index contributed by atoms with van der Waals surface area (Å²) in [5.41, 5.74) is 5.49. The normalized spacial score (nSPS) is 13.5. The number of unbranched alkanes of at least 4 members (excludes halogenated alkanes) is 11. The van der Waals surface area contributed by atoms with E-state index in [4.69, 9.17) is 10.5 Å². The Morgan fingerprint density at radius 1 is 0.518 bits per heavy atom. The Kier molecular flexibility index (Phi) is 40.1. The molecule has 0 saturated heterocycles. The van der Waals surface area contributed by atoms with E-state index in [0.717, 1.165) is 135 Å². The van der Waals surface area contributed by atoms with Crippen molar-refractivity contribution in [2.45, 2.75) is 199 Å². The van der Waals surface area contributed by atoms with Gasteiger partial charge in [0.05, 0.1) is 0 Å².